The van der Waals surface area contributed by atoms with Crippen LogP contribution in [0, 0.1) is 5.92 Å². The van der Waals surface area contributed by atoms with E-state index >= 15 is 0 Å². The molecule has 1 aliphatic rings. The minimum atomic E-state index is -3.50. The number of carbonyl (C=O) groups is 1. The number of benzene rings is 2. The van der Waals surface area contributed by atoms with Crippen molar-refractivity contribution in [1.29, 1.82) is 0 Å². The van der Waals surface area contributed by atoms with Gasteiger partial charge >= 0.3 is 0 Å². The highest BCUT2D eigenvalue weighted by molar-refractivity contribution is 7.92. The van der Waals surface area contributed by atoms with Crippen LogP contribution in [0.3, 0.4) is 0 Å². The van der Waals surface area contributed by atoms with Gasteiger partial charge in [-0.05, 0) is 42.2 Å². The number of hydrogen-bond acceptors (Lipinski definition) is 3. The number of hydrogen-bond donors (Lipinski definition) is 1. The summed E-state index contributed by atoms with van der Waals surface area (Å²) in [5.41, 5.74) is 1.61. The van der Waals surface area contributed by atoms with Crippen molar-refractivity contribution in [3.05, 3.63) is 75.1 Å². The van der Waals surface area contributed by atoms with Gasteiger partial charge in [-0.1, -0.05) is 59.6 Å². The Labute approximate surface area is 181 Å². The number of rotatable bonds is 6. The predicted octanol–water partition coefficient (Wildman–Crippen LogP) is 4.32. The van der Waals surface area contributed by atoms with Crippen LogP contribution in [0.2, 0.25) is 10.0 Å². The van der Waals surface area contributed by atoms with Crippen molar-refractivity contribution in [2.75, 3.05) is 13.1 Å². The first-order valence-electron chi connectivity index (χ1n) is 9.30. The van der Waals surface area contributed by atoms with Gasteiger partial charge in [0, 0.05) is 41.0 Å². The van der Waals surface area contributed by atoms with E-state index in [0.29, 0.717) is 42.5 Å². The minimum absolute atomic E-state index is 0.0899. The summed E-state index contributed by atoms with van der Waals surface area (Å²) in [4.78, 5) is 12.5. The third kappa shape index (κ3) is 6.06. The zero-order chi connectivity index (χ0) is 20.9. The van der Waals surface area contributed by atoms with Crippen molar-refractivity contribution in [1.82, 2.24) is 9.62 Å². The van der Waals surface area contributed by atoms with E-state index in [1.807, 2.05) is 30.3 Å². The summed E-state index contributed by atoms with van der Waals surface area (Å²) < 4.78 is 26.5. The number of nitrogens with zero attached hydrogens (tertiary/aromatic N) is 1. The van der Waals surface area contributed by atoms with Crippen LogP contribution in [0.1, 0.15) is 24.0 Å². The van der Waals surface area contributed by atoms with Gasteiger partial charge in [0.2, 0.25) is 15.9 Å². The molecule has 0 unspecified atom stereocenters. The third-order valence-corrected chi connectivity index (χ3v) is 7.04. The topological polar surface area (TPSA) is 66.5 Å². The average Bonchev–Trinajstić information content (AvgIpc) is 2.72. The van der Waals surface area contributed by atoms with Crippen LogP contribution in [0.25, 0.3) is 6.08 Å². The minimum Gasteiger partial charge on any atom is -0.352 e. The van der Waals surface area contributed by atoms with E-state index in [0.717, 1.165) is 11.1 Å². The largest absolute Gasteiger partial charge is 0.352 e. The number of carbonyl (C=O) groups excluding carboxylic acids is 1. The first kappa shape index (κ1) is 21.8. The Kier molecular flexibility index (Phi) is 7.35. The van der Waals surface area contributed by atoms with Crippen LogP contribution in [-0.4, -0.2) is 31.7 Å². The molecule has 1 fully saturated rings. The smallest absolute Gasteiger partial charge is 0.236 e. The van der Waals surface area contributed by atoms with Gasteiger partial charge in [0.15, 0.2) is 0 Å². The lowest BCUT2D eigenvalue weighted by Gasteiger charge is -2.29. The molecule has 2 aromatic carbocycles. The van der Waals surface area contributed by atoms with Gasteiger partial charge in [0.1, 0.15) is 0 Å². The van der Waals surface area contributed by atoms with Gasteiger partial charge in [-0.2, -0.15) is 4.31 Å². The van der Waals surface area contributed by atoms with Crippen LogP contribution in [-0.2, 0) is 21.4 Å². The summed E-state index contributed by atoms with van der Waals surface area (Å²) in [5.74, 6) is -0.307. The highest BCUT2D eigenvalue weighted by Crippen LogP contribution is 2.23. The van der Waals surface area contributed by atoms with Gasteiger partial charge in [-0.15, -0.1) is 0 Å². The Bertz CT molecular complexity index is 986. The fraction of sp³-hybridized carbons (Fsp3) is 0.286. The zero-order valence-electron chi connectivity index (χ0n) is 15.7. The molecular weight excluding hydrogens is 431 g/mol. The fourth-order valence-electron chi connectivity index (χ4n) is 3.18. The van der Waals surface area contributed by atoms with Gasteiger partial charge < -0.3 is 5.32 Å². The van der Waals surface area contributed by atoms with Crippen molar-refractivity contribution in [2.45, 2.75) is 19.4 Å². The van der Waals surface area contributed by atoms with Crippen LogP contribution in [0.4, 0.5) is 0 Å². The Balaban J connectivity index is 1.51. The number of piperidine rings is 1. The molecule has 0 spiro atoms. The standard InChI is InChI=1S/C21H22Cl2N2O3S/c22-19-7-6-18(20(23)14-19)15-24-21(26)17-8-11-25(12-9-17)29(27,28)13-10-16-4-2-1-3-5-16/h1-7,10,13-14,17H,8-9,11-12,15H2,(H,24,26)/b13-10+. The van der Waals surface area contributed by atoms with Crippen molar-refractivity contribution >= 4 is 45.2 Å². The molecule has 1 amide bonds. The Morgan fingerprint density at radius 2 is 1.79 bits per heavy atom. The lowest BCUT2D eigenvalue weighted by atomic mass is 9.97. The summed E-state index contributed by atoms with van der Waals surface area (Å²) in [6.07, 6.45) is 2.56. The van der Waals surface area contributed by atoms with Gasteiger partial charge in [0.25, 0.3) is 0 Å². The van der Waals surface area contributed by atoms with Crippen molar-refractivity contribution < 1.29 is 13.2 Å². The van der Waals surface area contributed by atoms with E-state index in [-0.39, 0.29) is 11.8 Å². The molecule has 1 saturated heterocycles. The molecule has 3 rings (SSSR count). The second kappa shape index (κ2) is 9.76. The quantitative estimate of drug-likeness (QED) is 0.709. The number of sulfonamides is 1. The number of amides is 1. The van der Waals surface area contributed by atoms with Gasteiger partial charge in [-0.3, -0.25) is 4.79 Å². The molecule has 0 aliphatic carbocycles. The van der Waals surface area contributed by atoms with Crippen LogP contribution < -0.4 is 5.32 Å². The first-order chi connectivity index (χ1) is 13.8. The van der Waals surface area contributed by atoms with E-state index in [9.17, 15) is 13.2 Å². The zero-order valence-corrected chi connectivity index (χ0v) is 18.1. The van der Waals surface area contributed by atoms with E-state index < -0.39 is 10.0 Å². The molecule has 1 N–H and O–H groups in total. The summed E-state index contributed by atoms with van der Waals surface area (Å²) >= 11 is 12.0. The van der Waals surface area contributed by atoms with Crippen molar-refractivity contribution in [3.8, 4) is 0 Å². The lowest BCUT2D eigenvalue weighted by molar-refractivity contribution is -0.126. The molecule has 0 saturated carbocycles. The highest BCUT2D eigenvalue weighted by atomic mass is 35.5. The molecule has 5 nitrogen and oxygen atoms in total. The third-order valence-electron chi connectivity index (χ3n) is 4.88. The molecule has 29 heavy (non-hydrogen) atoms. The molecule has 1 heterocycles. The molecule has 0 radical (unpaired) electrons. The van der Waals surface area contributed by atoms with Crippen LogP contribution in [0.5, 0.6) is 0 Å². The molecule has 0 bridgehead atoms. The maximum atomic E-state index is 12.5. The second-order valence-corrected chi connectivity index (χ2v) is 9.55. The number of nitrogens with one attached hydrogen (secondary N) is 1. The molecular formula is C21H22Cl2N2O3S. The lowest BCUT2D eigenvalue weighted by Crippen LogP contribution is -2.42. The van der Waals surface area contributed by atoms with Crippen LogP contribution >= 0.6 is 23.2 Å². The molecule has 2 aromatic rings. The Morgan fingerprint density at radius 3 is 2.45 bits per heavy atom. The Hall–Kier alpha value is -1.86. The highest BCUT2D eigenvalue weighted by Gasteiger charge is 2.29. The van der Waals surface area contributed by atoms with E-state index in [4.69, 9.17) is 23.2 Å². The van der Waals surface area contributed by atoms with E-state index in [2.05, 4.69) is 5.32 Å². The second-order valence-electron chi connectivity index (χ2n) is 6.89. The van der Waals surface area contributed by atoms with Gasteiger partial charge in [-0.25, -0.2) is 8.42 Å². The predicted molar refractivity (Wildman–Crippen MR) is 117 cm³/mol. The Morgan fingerprint density at radius 1 is 1.10 bits per heavy atom. The SMILES string of the molecule is O=C(NCc1ccc(Cl)cc1Cl)C1CCN(S(=O)(=O)/C=C/c2ccccc2)CC1. The summed E-state index contributed by atoms with van der Waals surface area (Å²) in [6.45, 7) is 0.954. The molecule has 0 aromatic heterocycles. The molecule has 0 atom stereocenters. The summed E-state index contributed by atoms with van der Waals surface area (Å²) in [7, 11) is -3.50. The maximum absolute atomic E-state index is 12.5. The molecule has 1 aliphatic heterocycles. The van der Waals surface area contributed by atoms with Gasteiger partial charge in [0.05, 0.1) is 0 Å². The summed E-state index contributed by atoms with van der Waals surface area (Å²) in [6, 6.07) is 14.4. The van der Waals surface area contributed by atoms with E-state index in [1.54, 1.807) is 24.3 Å². The monoisotopic (exact) mass is 452 g/mol. The maximum Gasteiger partial charge on any atom is 0.236 e. The molecule has 8 heteroatoms. The van der Waals surface area contributed by atoms with Crippen molar-refractivity contribution in [3.63, 3.8) is 0 Å². The fourth-order valence-corrected chi connectivity index (χ4v) is 4.88. The normalized spacial score (nSPS) is 16.2. The average molecular weight is 453 g/mol. The first-order valence-corrected chi connectivity index (χ1v) is 11.6. The molecule has 154 valence electrons. The van der Waals surface area contributed by atoms with Crippen molar-refractivity contribution in [2.24, 2.45) is 5.92 Å². The van der Waals surface area contributed by atoms with E-state index in [1.165, 1.54) is 9.71 Å². The summed E-state index contributed by atoms with van der Waals surface area (Å²) in [5, 5.41) is 5.15. The number of halogens is 2. The van der Waals surface area contributed by atoms with Crippen LogP contribution in [0.15, 0.2) is 53.9 Å².